The highest BCUT2D eigenvalue weighted by atomic mass is 16.5. The number of esters is 1. The lowest BCUT2D eigenvalue weighted by Crippen LogP contribution is -2.36. The molecule has 0 atom stereocenters. The molecule has 5 heteroatoms. The highest BCUT2D eigenvalue weighted by Gasteiger charge is 2.20. The van der Waals surface area contributed by atoms with Crippen molar-refractivity contribution in [1.29, 1.82) is 0 Å². The quantitative estimate of drug-likeness (QED) is 0.802. The van der Waals surface area contributed by atoms with Crippen molar-refractivity contribution < 1.29 is 14.3 Å². The number of carbonyl (C=O) groups excluding carboxylic acids is 1. The highest BCUT2D eigenvalue weighted by Crippen LogP contribution is 2.27. The molecule has 0 spiro atoms. The Kier molecular flexibility index (Phi) is 3.60. The molecule has 0 N–H and O–H groups in total. The van der Waals surface area contributed by atoms with Crippen LogP contribution in [-0.2, 0) is 9.47 Å². The number of morpholine rings is 1. The van der Waals surface area contributed by atoms with E-state index in [1.54, 1.807) is 0 Å². The number of pyridine rings is 1. The van der Waals surface area contributed by atoms with Crippen LogP contribution in [0.5, 0.6) is 0 Å². The molecule has 106 valence electrons. The molecule has 0 unspecified atom stereocenters. The van der Waals surface area contributed by atoms with E-state index >= 15 is 0 Å². The summed E-state index contributed by atoms with van der Waals surface area (Å²) in [5.41, 5.74) is 2.67. The lowest BCUT2D eigenvalue weighted by atomic mass is 10.3. The topological polar surface area (TPSA) is 43.2 Å². The minimum atomic E-state index is -0.284. The maximum Gasteiger partial charge on any atom is 0.355 e. The molecule has 1 aliphatic heterocycles. The average Bonchev–Trinajstić information content (AvgIpc) is 2.88. The van der Waals surface area contributed by atoms with Gasteiger partial charge < -0.3 is 18.8 Å². The standard InChI is InChI=1S/C15H18N2O3/c1-2-20-15(18)14-11-13(16-7-9-19-10-8-16)12-5-3-4-6-17(12)14/h3-6,11H,2,7-10H2,1H3. The van der Waals surface area contributed by atoms with Crippen molar-refractivity contribution in [2.24, 2.45) is 0 Å². The van der Waals surface area contributed by atoms with Crippen molar-refractivity contribution in [3.8, 4) is 0 Å². The zero-order valence-electron chi connectivity index (χ0n) is 11.5. The fourth-order valence-corrected chi connectivity index (χ4v) is 2.55. The van der Waals surface area contributed by atoms with Gasteiger partial charge in [-0.3, -0.25) is 0 Å². The Morgan fingerprint density at radius 1 is 1.35 bits per heavy atom. The summed E-state index contributed by atoms with van der Waals surface area (Å²) in [5, 5.41) is 0. The average molecular weight is 274 g/mol. The van der Waals surface area contributed by atoms with Gasteiger partial charge in [0.1, 0.15) is 5.69 Å². The molecule has 0 amide bonds. The molecule has 20 heavy (non-hydrogen) atoms. The summed E-state index contributed by atoms with van der Waals surface area (Å²) in [6.45, 7) is 5.33. The maximum absolute atomic E-state index is 12.1. The summed E-state index contributed by atoms with van der Waals surface area (Å²) in [4.78, 5) is 14.3. The zero-order valence-corrected chi connectivity index (χ0v) is 11.5. The molecule has 5 nitrogen and oxygen atoms in total. The van der Waals surface area contributed by atoms with Crippen LogP contribution >= 0.6 is 0 Å². The van der Waals surface area contributed by atoms with Gasteiger partial charge in [-0.15, -0.1) is 0 Å². The molecule has 0 radical (unpaired) electrons. The third-order valence-corrected chi connectivity index (χ3v) is 3.49. The van der Waals surface area contributed by atoms with Crippen LogP contribution in [-0.4, -0.2) is 43.3 Å². The summed E-state index contributed by atoms with van der Waals surface area (Å²) in [6.07, 6.45) is 1.89. The van der Waals surface area contributed by atoms with Crippen LogP contribution in [0.1, 0.15) is 17.4 Å². The van der Waals surface area contributed by atoms with E-state index in [0.29, 0.717) is 12.3 Å². The second kappa shape index (κ2) is 5.54. The van der Waals surface area contributed by atoms with Crippen LogP contribution in [0.15, 0.2) is 30.5 Å². The molecular formula is C15H18N2O3. The van der Waals surface area contributed by atoms with Gasteiger partial charge in [0.2, 0.25) is 0 Å². The number of hydrogen-bond acceptors (Lipinski definition) is 4. The Labute approximate surface area is 117 Å². The molecule has 2 aromatic heterocycles. The first kappa shape index (κ1) is 13.0. The number of ether oxygens (including phenoxy) is 2. The van der Waals surface area contributed by atoms with Crippen molar-refractivity contribution >= 4 is 17.2 Å². The van der Waals surface area contributed by atoms with Gasteiger partial charge in [0.25, 0.3) is 0 Å². The molecule has 1 saturated heterocycles. The fraction of sp³-hybridized carbons (Fsp3) is 0.400. The smallest absolute Gasteiger partial charge is 0.355 e. The van der Waals surface area contributed by atoms with E-state index in [-0.39, 0.29) is 5.97 Å². The van der Waals surface area contributed by atoms with Crippen LogP contribution in [0, 0.1) is 0 Å². The van der Waals surface area contributed by atoms with E-state index < -0.39 is 0 Å². The zero-order chi connectivity index (χ0) is 13.9. The number of nitrogens with zero attached hydrogens (tertiary/aromatic N) is 2. The van der Waals surface area contributed by atoms with Crippen LogP contribution < -0.4 is 4.90 Å². The van der Waals surface area contributed by atoms with Crippen molar-refractivity contribution in [2.75, 3.05) is 37.8 Å². The lowest BCUT2D eigenvalue weighted by molar-refractivity contribution is 0.0518. The highest BCUT2D eigenvalue weighted by molar-refractivity contribution is 5.93. The van der Waals surface area contributed by atoms with Gasteiger partial charge in [0.15, 0.2) is 0 Å². The number of fused-ring (bicyclic) bond motifs is 1. The van der Waals surface area contributed by atoms with Gasteiger partial charge in [-0.1, -0.05) is 6.07 Å². The molecule has 0 aliphatic carbocycles. The number of anilines is 1. The van der Waals surface area contributed by atoms with Gasteiger partial charge in [0, 0.05) is 19.3 Å². The lowest BCUT2D eigenvalue weighted by Gasteiger charge is -2.28. The summed E-state index contributed by atoms with van der Waals surface area (Å²) in [6, 6.07) is 7.83. The van der Waals surface area contributed by atoms with Crippen molar-refractivity contribution in [3.05, 3.63) is 36.2 Å². The second-order valence-electron chi connectivity index (χ2n) is 4.69. The van der Waals surface area contributed by atoms with Crippen molar-refractivity contribution in [1.82, 2.24) is 4.40 Å². The summed E-state index contributed by atoms with van der Waals surface area (Å²) >= 11 is 0. The van der Waals surface area contributed by atoms with Crippen molar-refractivity contribution in [3.63, 3.8) is 0 Å². The second-order valence-corrected chi connectivity index (χ2v) is 4.69. The Morgan fingerprint density at radius 2 is 2.15 bits per heavy atom. The number of hydrogen-bond donors (Lipinski definition) is 0. The largest absolute Gasteiger partial charge is 0.461 e. The van der Waals surface area contributed by atoms with E-state index in [1.165, 1.54) is 0 Å². The molecular weight excluding hydrogens is 256 g/mol. The Bertz CT molecular complexity index is 615. The summed E-state index contributed by atoms with van der Waals surface area (Å²) in [5.74, 6) is -0.284. The monoisotopic (exact) mass is 274 g/mol. The maximum atomic E-state index is 12.1. The number of aromatic nitrogens is 1. The first-order valence-corrected chi connectivity index (χ1v) is 6.91. The fourth-order valence-electron chi connectivity index (χ4n) is 2.55. The molecule has 0 aromatic carbocycles. The molecule has 2 aromatic rings. The Morgan fingerprint density at radius 3 is 2.90 bits per heavy atom. The Hall–Kier alpha value is -2.01. The molecule has 1 fully saturated rings. The molecule has 3 rings (SSSR count). The van der Waals surface area contributed by atoms with Crippen LogP contribution in [0.25, 0.3) is 5.52 Å². The predicted octanol–water partition coefficient (Wildman–Crippen LogP) is 1.95. The van der Waals surface area contributed by atoms with E-state index in [1.807, 2.05) is 41.8 Å². The predicted molar refractivity (Wildman–Crippen MR) is 76.4 cm³/mol. The van der Waals surface area contributed by atoms with Gasteiger partial charge in [-0.05, 0) is 25.1 Å². The van der Waals surface area contributed by atoms with E-state index in [9.17, 15) is 4.79 Å². The van der Waals surface area contributed by atoms with E-state index in [0.717, 1.165) is 37.5 Å². The third-order valence-electron chi connectivity index (χ3n) is 3.49. The van der Waals surface area contributed by atoms with Gasteiger partial charge in [-0.2, -0.15) is 0 Å². The molecule has 1 aliphatic rings. The normalized spacial score (nSPS) is 15.6. The first-order valence-electron chi connectivity index (χ1n) is 6.91. The summed E-state index contributed by atoms with van der Waals surface area (Å²) < 4.78 is 12.4. The minimum absolute atomic E-state index is 0.284. The van der Waals surface area contributed by atoms with Gasteiger partial charge in [-0.25, -0.2) is 4.79 Å². The molecule has 0 saturated carbocycles. The minimum Gasteiger partial charge on any atom is -0.461 e. The first-order chi connectivity index (χ1) is 9.81. The van der Waals surface area contributed by atoms with Crippen molar-refractivity contribution in [2.45, 2.75) is 6.92 Å². The van der Waals surface area contributed by atoms with Gasteiger partial charge in [0.05, 0.1) is 31.0 Å². The Balaban J connectivity index is 2.05. The molecule has 0 bridgehead atoms. The number of carbonyl (C=O) groups is 1. The molecule has 3 heterocycles. The van der Waals surface area contributed by atoms with Crippen LogP contribution in [0.4, 0.5) is 5.69 Å². The van der Waals surface area contributed by atoms with Crippen LogP contribution in [0.3, 0.4) is 0 Å². The van der Waals surface area contributed by atoms with E-state index in [2.05, 4.69) is 4.90 Å². The SMILES string of the molecule is CCOC(=O)c1cc(N2CCOCC2)c2ccccn12. The van der Waals surface area contributed by atoms with E-state index in [4.69, 9.17) is 9.47 Å². The van der Waals surface area contributed by atoms with Gasteiger partial charge >= 0.3 is 5.97 Å². The third kappa shape index (κ3) is 2.25. The summed E-state index contributed by atoms with van der Waals surface area (Å²) in [7, 11) is 0. The van der Waals surface area contributed by atoms with Crippen LogP contribution in [0.2, 0.25) is 0 Å². The number of rotatable bonds is 3.